The van der Waals surface area contributed by atoms with Crippen molar-refractivity contribution in [3.8, 4) is 11.5 Å². The van der Waals surface area contributed by atoms with Crippen LogP contribution in [0.4, 0.5) is 32.4 Å². The second kappa shape index (κ2) is 14.0. The van der Waals surface area contributed by atoms with Gasteiger partial charge in [0, 0.05) is 51.4 Å². The van der Waals surface area contributed by atoms with Gasteiger partial charge in [0.2, 0.25) is 0 Å². The molecule has 0 bridgehead atoms. The topological polar surface area (TPSA) is 80.6 Å². The number of rotatable bonds is 12. The first-order chi connectivity index (χ1) is 20.3. The van der Waals surface area contributed by atoms with Crippen molar-refractivity contribution >= 4 is 30.8 Å². The van der Waals surface area contributed by atoms with E-state index in [-0.39, 0.29) is 18.1 Å². The van der Waals surface area contributed by atoms with E-state index in [0.29, 0.717) is 13.2 Å². The van der Waals surface area contributed by atoms with Gasteiger partial charge in [-0.05, 0) is 51.0 Å². The second-order valence-corrected chi connectivity index (χ2v) is 17.5. The molecule has 0 saturated carbocycles. The number of benzene rings is 1. The first-order valence-corrected chi connectivity index (χ1v) is 18.1. The van der Waals surface area contributed by atoms with E-state index >= 15 is 0 Å². The number of carbonyl (C=O) groups is 1. The lowest BCUT2D eigenvalue weighted by Crippen LogP contribution is -2.34. The van der Waals surface area contributed by atoms with Crippen LogP contribution < -0.4 is 15.4 Å². The van der Waals surface area contributed by atoms with Crippen LogP contribution in [-0.2, 0) is 17.6 Å². The van der Waals surface area contributed by atoms with Crippen LogP contribution in [-0.4, -0.2) is 61.3 Å². The van der Waals surface area contributed by atoms with Crippen molar-refractivity contribution in [2.24, 2.45) is 0 Å². The van der Waals surface area contributed by atoms with Gasteiger partial charge in [-0.3, -0.25) is 0 Å². The summed E-state index contributed by atoms with van der Waals surface area (Å²) >= 11 is 0. The fourth-order valence-corrected chi connectivity index (χ4v) is 5.58. The first kappa shape index (κ1) is 32.7. The Hall–Kier alpha value is -3.23. The number of fused-ring (bicyclic) bond motifs is 1. The molecule has 0 aliphatic carbocycles. The highest BCUT2D eigenvalue weighted by atomic mass is 28.3. The molecule has 0 spiro atoms. The maximum Gasteiger partial charge on any atom is 0.418 e. The molecule has 1 aromatic carbocycles. The molecule has 0 atom stereocenters. The van der Waals surface area contributed by atoms with Gasteiger partial charge in [-0.15, -0.1) is 0 Å². The lowest BCUT2D eigenvalue weighted by Gasteiger charge is -2.26. The van der Waals surface area contributed by atoms with Crippen LogP contribution in [0.2, 0.25) is 25.7 Å². The fourth-order valence-electron chi connectivity index (χ4n) is 4.83. The van der Waals surface area contributed by atoms with Crippen molar-refractivity contribution < 1.29 is 36.2 Å². The van der Waals surface area contributed by atoms with Crippen molar-refractivity contribution in [2.45, 2.75) is 64.3 Å². The number of anilines is 1. The van der Waals surface area contributed by atoms with E-state index in [1.54, 1.807) is 0 Å². The molecule has 1 fully saturated rings. The summed E-state index contributed by atoms with van der Waals surface area (Å²) in [6.07, 6.45) is 1.55. The van der Waals surface area contributed by atoms with Crippen molar-refractivity contribution in [1.82, 2.24) is 19.8 Å². The number of amides is 2. The third-order valence-corrected chi connectivity index (χ3v) is 8.81. The maximum atomic E-state index is 15.0. The standard InChI is InChI=1S/C29H38F5N5O3Si/c1-43(2,3)15-14-41-19-39-18-21(29(32,33)34)25-24(8-10-35-27(25)39)42-26-22(30)16-20(17-23(26)31)37-28(40)36-9-7-13-38-11-5-4-6-12-38/h8,10,16-18H,4-7,9,11-15,19H2,1-3H3,(H2,36,37,40). The monoisotopic (exact) mass is 627 g/mol. The second-order valence-electron chi connectivity index (χ2n) is 11.9. The van der Waals surface area contributed by atoms with Gasteiger partial charge < -0.3 is 29.6 Å². The Bertz CT molecular complexity index is 1380. The number of halogens is 5. The average Bonchev–Trinajstić information content (AvgIpc) is 3.31. The van der Waals surface area contributed by atoms with E-state index in [9.17, 15) is 26.7 Å². The normalized spacial score (nSPS) is 14.7. The molecule has 3 heterocycles. The van der Waals surface area contributed by atoms with E-state index in [4.69, 9.17) is 9.47 Å². The lowest BCUT2D eigenvalue weighted by atomic mass is 10.1. The summed E-state index contributed by atoms with van der Waals surface area (Å²) in [7, 11) is -1.41. The molecule has 2 amide bonds. The largest absolute Gasteiger partial charge is 0.450 e. The quantitative estimate of drug-likeness (QED) is 0.124. The van der Waals surface area contributed by atoms with Gasteiger partial charge in [-0.1, -0.05) is 26.1 Å². The molecule has 3 aromatic rings. The Balaban J connectivity index is 1.45. The van der Waals surface area contributed by atoms with Gasteiger partial charge >= 0.3 is 12.2 Å². The summed E-state index contributed by atoms with van der Waals surface area (Å²) < 4.78 is 84.2. The highest BCUT2D eigenvalue weighted by Gasteiger charge is 2.37. The zero-order valence-corrected chi connectivity index (χ0v) is 25.6. The highest BCUT2D eigenvalue weighted by molar-refractivity contribution is 6.76. The molecule has 8 nitrogen and oxygen atoms in total. The number of nitrogens with zero attached hydrogens (tertiary/aromatic N) is 3. The smallest absolute Gasteiger partial charge is 0.418 e. The van der Waals surface area contributed by atoms with Crippen molar-refractivity contribution in [3.05, 3.63) is 47.8 Å². The minimum absolute atomic E-state index is 0.103. The summed E-state index contributed by atoms with van der Waals surface area (Å²) in [4.78, 5) is 18.6. The number of aromatic nitrogens is 2. The van der Waals surface area contributed by atoms with E-state index in [1.807, 2.05) is 0 Å². The molecule has 236 valence electrons. The molecule has 43 heavy (non-hydrogen) atoms. The molecule has 1 saturated heterocycles. The Kier molecular flexibility index (Phi) is 10.7. The number of hydrogen-bond donors (Lipinski definition) is 2. The van der Waals surface area contributed by atoms with Crippen LogP contribution in [0.3, 0.4) is 0 Å². The molecule has 1 aliphatic heterocycles. The van der Waals surface area contributed by atoms with Gasteiger partial charge in [0.05, 0.1) is 10.9 Å². The van der Waals surface area contributed by atoms with Crippen molar-refractivity contribution in [3.63, 3.8) is 0 Å². The number of likely N-dealkylation sites (tertiary alicyclic amines) is 1. The summed E-state index contributed by atoms with van der Waals surface area (Å²) in [5.41, 5.74) is -1.35. The van der Waals surface area contributed by atoms with Gasteiger partial charge in [0.25, 0.3) is 0 Å². The molecule has 2 N–H and O–H groups in total. The minimum Gasteiger partial charge on any atom is -0.450 e. The number of urea groups is 1. The third kappa shape index (κ3) is 9.13. The Morgan fingerprint density at radius 2 is 1.79 bits per heavy atom. The summed E-state index contributed by atoms with van der Waals surface area (Å²) in [5, 5.41) is 4.58. The van der Waals surface area contributed by atoms with Gasteiger partial charge in [0.15, 0.2) is 17.4 Å². The first-order valence-electron chi connectivity index (χ1n) is 14.4. The number of ether oxygens (including phenoxy) is 2. The predicted octanol–water partition coefficient (Wildman–Crippen LogP) is 7.44. The van der Waals surface area contributed by atoms with Gasteiger partial charge in [-0.25, -0.2) is 18.6 Å². The fraction of sp³-hybridized carbons (Fsp3) is 0.517. The zero-order chi connectivity index (χ0) is 31.2. The van der Waals surface area contributed by atoms with Gasteiger partial charge in [0.1, 0.15) is 18.1 Å². The predicted molar refractivity (Wildman–Crippen MR) is 157 cm³/mol. The molecule has 0 unspecified atom stereocenters. The Morgan fingerprint density at radius 1 is 1.09 bits per heavy atom. The van der Waals surface area contributed by atoms with Crippen LogP contribution in [0, 0.1) is 11.6 Å². The number of alkyl halides is 3. The Morgan fingerprint density at radius 3 is 2.44 bits per heavy atom. The van der Waals surface area contributed by atoms with Crippen LogP contribution in [0.5, 0.6) is 11.5 Å². The number of carbonyl (C=O) groups excluding carboxylic acids is 1. The molecule has 0 radical (unpaired) electrons. The SMILES string of the molecule is C[Si](C)(C)CCOCn1cc(C(F)(F)F)c2c(Oc3c(F)cc(NC(=O)NCCCN4CCCCC4)cc3F)ccnc21. The highest BCUT2D eigenvalue weighted by Crippen LogP contribution is 2.42. The average molecular weight is 628 g/mol. The Labute approximate surface area is 248 Å². The molecular formula is C29H38F5N5O3Si. The minimum atomic E-state index is -4.80. The molecule has 14 heteroatoms. The van der Waals surface area contributed by atoms with E-state index < -0.39 is 54.4 Å². The molecule has 1 aliphatic rings. The van der Waals surface area contributed by atoms with Gasteiger partial charge in [-0.2, -0.15) is 13.2 Å². The summed E-state index contributed by atoms with van der Waals surface area (Å²) in [5.74, 6) is -3.74. The third-order valence-electron chi connectivity index (χ3n) is 7.10. The van der Waals surface area contributed by atoms with Crippen LogP contribution in [0.25, 0.3) is 11.0 Å². The van der Waals surface area contributed by atoms with Crippen LogP contribution >= 0.6 is 0 Å². The molecule has 4 rings (SSSR count). The van der Waals surface area contributed by atoms with Crippen LogP contribution in [0.1, 0.15) is 31.2 Å². The lowest BCUT2D eigenvalue weighted by molar-refractivity contribution is -0.136. The summed E-state index contributed by atoms with van der Waals surface area (Å²) in [6.45, 7) is 9.98. The number of piperidine rings is 1. The number of nitrogens with one attached hydrogen (secondary N) is 2. The molecule has 2 aromatic heterocycles. The van der Waals surface area contributed by atoms with E-state index in [1.165, 1.54) is 30.0 Å². The zero-order valence-electron chi connectivity index (χ0n) is 24.6. The summed E-state index contributed by atoms with van der Waals surface area (Å²) in [6, 6.07) is 2.98. The van der Waals surface area contributed by atoms with Crippen molar-refractivity contribution in [2.75, 3.05) is 38.1 Å². The van der Waals surface area contributed by atoms with Crippen molar-refractivity contribution in [1.29, 1.82) is 0 Å². The maximum absolute atomic E-state index is 15.0. The number of pyridine rings is 1. The number of hydrogen-bond acceptors (Lipinski definition) is 5. The van der Waals surface area contributed by atoms with E-state index in [2.05, 4.69) is 40.2 Å². The molecular weight excluding hydrogens is 589 g/mol. The van der Waals surface area contributed by atoms with E-state index in [0.717, 1.165) is 56.5 Å². The van der Waals surface area contributed by atoms with Crippen LogP contribution in [0.15, 0.2) is 30.6 Å².